The number of carbonyl (C=O) groups excluding carboxylic acids is 2. The van der Waals surface area contributed by atoms with Crippen LogP contribution < -0.4 is 10.6 Å². The van der Waals surface area contributed by atoms with E-state index in [1.165, 1.54) is 25.3 Å². The summed E-state index contributed by atoms with van der Waals surface area (Å²) in [5.74, 6) is 0.126. The number of hydrogen-bond donors (Lipinski definition) is 2. The van der Waals surface area contributed by atoms with Gasteiger partial charge in [-0.3, -0.25) is 9.59 Å². The molecule has 0 aliphatic carbocycles. The molecule has 0 spiro atoms. The molecule has 4 nitrogen and oxygen atoms in total. The topological polar surface area (TPSA) is 58.2 Å². The maximum Gasteiger partial charge on any atom is 0.243 e. The first-order chi connectivity index (χ1) is 13.1. The van der Waals surface area contributed by atoms with Gasteiger partial charge in [-0.15, -0.1) is 11.8 Å². The van der Waals surface area contributed by atoms with Gasteiger partial charge in [0.25, 0.3) is 0 Å². The van der Waals surface area contributed by atoms with Crippen LogP contribution in [-0.4, -0.2) is 23.6 Å². The van der Waals surface area contributed by atoms with Crippen LogP contribution in [0.1, 0.15) is 37.8 Å². The fourth-order valence-corrected chi connectivity index (χ4v) is 3.57. The van der Waals surface area contributed by atoms with Crippen molar-refractivity contribution in [1.29, 1.82) is 0 Å². The lowest BCUT2D eigenvalue weighted by Gasteiger charge is -2.17. The van der Waals surface area contributed by atoms with Crippen molar-refractivity contribution in [3.63, 3.8) is 0 Å². The predicted molar refractivity (Wildman–Crippen MR) is 112 cm³/mol. The Kier molecular flexibility index (Phi) is 8.92. The monoisotopic (exact) mass is 384 g/mol. The molecule has 2 aromatic carbocycles. The first kappa shape index (κ1) is 21.0. The van der Waals surface area contributed by atoms with Gasteiger partial charge in [0.2, 0.25) is 11.8 Å². The van der Waals surface area contributed by atoms with Crippen LogP contribution in [-0.2, 0) is 22.6 Å². The van der Waals surface area contributed by atoms with Crippen LogP contribution in [0.3, 0.4) is 0 Å². The number of carbonyl (C=O) groups is 2. The van der Waals surface area contributed by atoms with E-state index in [-0.39, 0.29) is 11.8 Å². The summed E-state index contributed by atoms with van der Waals surface area (Å²) in [5, 5.41) is 5.66. The lowest BCUT2D eigenvalue weighted by molar-refractivity contribution is -0.127. The molecule has 27 heavy (non-hydrogen) atoms. The molecule has 0 fully saturated rings. The molecule has 0 aliphatic rings. The second-order valence-corrected chi connectivity index (χ2v) is 7.61. The van der Waals surface area contributed by atoms with E-state index in [2.05, 4.69) is 41.8 Å². The van der Waals surface area contributed by atoms with E-state index in [0.29, 0.717) is 12.3 Å². The molecule has 0 saturated heterocycles. The molecule has 0 saturated carbocycles. The average molecular weight is 385 g/mol. The highest BCUT2D eigenvalue weighted by Crippen LogP contribution is 2.20. The lowest BCUT2D eigenvalue weighted by atomic mass is 10.1. The van der Waals surface area contributed by atoms with Crippen molar-refractivity contribution in [3.8, 4) is 0 Å². The molecule has 2 aromatic rings. The molecule has 0 aromatic heterocycles. The number of amides is 2. The zero-order chi connectivity index (χ0) is 19.5. The van der Waals surface area contributed by atoms with Crippen LogP contribution in [0.15, 0.2) is 59.5 Å². The summed E-state index contributed by atoms with van der Waals surface area (Å²) < 4.78 is 0. The minimum Gasteiger partial charge on any atom is -0.350 e. The molecule has 2 amide bonds. The Labute approximate surface area is 166 Å². The molecule has 144 valence electrons. The Hall–Kier alpha value is -2.27. The Morgan fingerprint density at radius 2 is 1.70 bits per heavy atom. The Morgan fingerprint density at radius 1 is 1.00 bits per heavy atom. The third-order valence-electron chi connectivity index (χ3n) is 4.16. The van der Waals surface area contributed by atoms with Crippen LogP contribution in [0.4, 0.5) is 0 Å². The van der Waals surface area contributed by atoms with Crippen molar-refractivity contribution < 1.29 is 9.59 Å². The smallest absolute Gasteiger partial charge is 0.243 e. The predicted octanol–water partition coefficient (Wildman–Crippen LogP) is 3.94. The van der Waals surface area contributed by atoms with Crippen molar-refractivity contribution in [1.82, 2.24) is 10.6 Å². The fraction of sp³-hybridized carbons (Fsp3) is 0.364. The molecule has 2 rings (SSSR count). The molecule has 1 atom stereocenters. The van der Waals surface area contributed by atoms with E-state index in [1.807, 2.05) is 30.3 Å². The summed E-state index contributed by atoms with van der Waals surface area (Å²) in [5.41, 5.74) is 2.36. The zero-order valence-electron chi connectivity index (χ0n) is 16.0. The van der Waals surface area contributed by atoms with Crippen molar-refractivity contribution >= 4 is 23.6 Å². The molecular formula is C22H28N2O2S. The van der Waals surface area contributed by atoms with Crippen LogP contribution >= 0.6 is 11.8 Å². The fourth-order valence-electron chi connectivity index (χ4n) is 2.65. The summed E-state index contributed by atoms with van der Waals surface area (Å²) >= 11 is 1.58. The van der Waals surface area contributed by atoms with E-state index in [1.54, 1.807) is 11.8 Å². The molecule has 0 bridgehead atoms. The van der Waals surface area contributed by atoms with Crippen molar-refractivity contribution in [2.75, 3.05) is 5.75 Å². The number of hydrogen-bond acceptors (Lipinski definition) is 3. The van der Waals surface area contributed by atoms with Gasteiger partial charge in [-0.25, -0.2) is 0 Å². The number of rotatable bonds is 10. The number of benzene rings is 2. The van der Waals surface area contributed by atoms with Gasteiger partial charge >= 0.3 is 0 Å². The second kappa shape index (κ2) is 11.4. The summed E-state index contributed by atoms with van der Waals surface area (Å²) in [6.07, 6.45) is 3.48. The molecule has 0 aliphatic heterocycles. The normalized spacial score (nSPS) is 11.6. The van der Waals surface area contributed by atoms with Gasteiger partial charge in [-0.05, 0) is 36.1 Å². The van der Waals surface area contributed by atoms with E-state index in [4.69, 9.17) is 0 Å². The van der Waals surface area contributed by atoms with Crippen LogP contribution in [0.5, 0.6) is 0 Å². The van der Waals surface area contributed by atoms with E-state index in [0.717, 1.165) is 16.9 Å². The third-order valence-corrected chi connectivity index (χ3v) is 5.27. The highest BCUT2D eigenvalue weighted by Gasteiger charge is 2.19. The molecule has 0 heterocycles. The maximum absolute atomic E-state index is 12.5. The van der Waals surface area contributed by atoms with E-state index >= 15 is 0 Å². The van der Waals surface area contributed by atoms with Gasteiger partial charge in [0, 0.05) is 24.1 Å². The first-order valence-electron chi connectivity index (χ1n) is 9.39. The molecule has 0 radical (unpaired) electrons. The largest absolute Gasteiger partial charge is 0.350 e. The van der Waals surface area contributed by atoms with Gasteiger partial charge in [0.15, 0.2) is 0 Å². The molecule has 5 heteroatoms. The Balaban J connectivity index is 1.89. The highest BCUT2D eigenvalue weighted by molar-refractivity contribution is 7.99. The van der Waals surface area contributed by atoms with Gasteiger partial charge in [-0.1, -0.05) is 55.8 Å². The van der Waals surface area contributed by atoms with Gasteiger partial charge in [0.05, 0.1) is 0 Å². The number of thioether (sulfide) groups is 1. The average Bonchev–Trinajstić information content (AvgIpc) is 2.69. The molecule has 2 N–H and O–H groups in total. The van der Waals surface area contributed by atoms with Gasteiger partial charge in [-0.2, -0.15) is 0 Å². The first-order valence-corrected chi connectivity index (χ1v) is 10.4. The lowest BCUT2D eigenvalue weighted by Crippen LogP contribution is -2.47. The highest BCUT2D eigenvalue weighted by atomic mass is 32.2. The SMILES string of the molecule is CCCCc1ccc(SCC(NC(C)=O)C(=O)NCc2ccccc2)cc1. The Bertz CT molecular complexity index is 717. The summed E-state index contributed by atoms with van der Waals surface area (Å²) in [7, 11) is 0. The number of unbranched alkanes of at least 4 members (excludes halogenated alkanes) is 1. The number of nitrogens with one attached hydrogen (secondary N) is 2. The van der Waals surface area contributed by atoms with Crippen LogP contribution in [0.2, 0.25) is 0 Å². The molecule has 1 unspecified atom stereocenters. The zero-order valence-corrected chi connectivity index (χ0v) is 16.9. The van der Waals surface area contributed by atoms with E-state index < -0.39 is 6.04 Å². The minimum atomic E-state index is -0.559. The van der Waals surface area contributed by atoms with Gasteiger partial charge in [0.1, 0.15) is 6.04 Å². The van der Waals surface area contributed by atoms with Crippen molar-refractivity contribution in [3.05, 3.63) is 65.7 Å². The summed E-state index contributed by atoms with van der Waals surface area (Å²) in [6, 6.07) is 17.6. The van der Waals surface area contributed by atoms with Crippen LogP contribution in [0, 0.1) is 0 Å². The Morgan fingerprint density at radius 3 is 2.33 bits per heavy atom. The number of aryl methyl sites for hydroxylation is 1. The van der Waals surface area contributed by atoms with Crippen molar-refractivity contribution in [2.45, 2.75) is 50.6 Å². The third kappa shape index (κ3) is 7.87. The maximum atomic E-state index is 12.5. The molecular weight excluding hydrogens is 356 g/mol. The quantitative estimate of drug-likeness (QED) is 0.610. The summed E-state index contributed by atoms with van der Waals surface area (Å²) in [4.78, 5) is 25.1. The second-order valence-electron chi connectivity index (χ2n) is 6.52. The standard InChI is InChI=1S/C22H28N2O2S/c1-3-4-8-18-11-13-20(14-12-18)27-16-21(24-17(2)25)22(26)23-15-19-9-6-5-7-10-19/h5-7,9-14,21H,3-4,8,15-16H2,1-2H3,(H,23,26)(H,24,25). The van der Waals surface area contributed by atoms with Gasteiger partial charge < -0.3 is 10.6 Å². The summed E-state index contributed by atoms with van der Waals surface area (Å²) in [6.45, 7) is 4.08. The van der Waals surface area contributed by atoms with E-state index in [9.17, 15) is 9.59 Å². The van der Waals surface area contributed by atoms with Crippen LogP contribution in [0.25, 0.3) is 0 Å². The minimum absolute atomic E-state index is 0.166. The van der Waals surface area contributed by atoms with Crippen molar-refractivity contribution in [2.24, 2.45) is 0 Å².